The fraction of sp³-hybridized carbons (Fsp3) is 0.227. The Morgan fingerprint density at radius 1 is 0.926 bits per heavy atom. The minimum Gasteiger partial charge on any atom is -0.354 e. The first kappa shape index (κ1) is 18.6. The van der Waals surface area contributed by atoms with Gasteiger partial charge in [0.25, 0.3) is 5.91 Å². The van der Waals surface area contributed by atoms with Gasteiger partial charge >= 0.3 is 0 Å². The van der Waals surface area contributed by atoms with Crippen LogP contribution in [0.15, 0.2) is 67.1 Å². The summed E-state index contributed by atoms with van der Waals surface area (Å²) >= 11 is 0. The van der Waals surface area contributed by atoms with E-state index in [1.165, 1.54) is 5.56 Å². The van der Waals surface area contributed by atoms with E-state index >= 15 is 0 Å². The van der Waals surface area contributed by atoms with E-state index in [2.05, 4.69) is 65.6 Å². The molecule has 1 aromatic carbocycles. The Kier molecular flexibility index (Phi) is 5.50. The van der Waals surface area contributed by atoms with E-state index in [0.717, 1.165) is 16.9 Å². The van der Waals surface area contributed by atoms with Gasteiger partial charge in [0.2, 0.25) is 0 Å². The maximum atomic E-state index is 12.2. The predicted molar refractivity (Wildman–Crippen MR) is 108 cm³/mol. The number of aromatic nitrogens is 2. The zero-order valence-electron chi connectivity index (χ0n) is 15.9. The summed E-state index contributed by atoms with van der Waals surface area (Å²) in [6.45, 7) is 7.02. The molecule has 0 unspecified atom stereocenters. The lowest BCUT2D eigenvalue weighted by Crippen LogP contribution is -2.23. The molecular formula is C22H24N4O. The third kappa shape index (κ3) is 5.14. The van der Waals surface area contributed by atoms with Crippen LogP contribution in [-0.2, 0) is 12.0 Å². The van der Waals surface area contributed by atoms with Gasteiger partial charge in [0, 0.05) is 24.6 Å². The topological polar surface area (TPSA) is 66.9 Å². The van der Waals surface area contributed by atoms with E-state index in [9.17, 15) is 4.79 Å². The maximum Gasteiger partial charge on any atom is 0.270 e. The van der Waals surface area contributed by atoms with Crippen molar-refractivity contribution >= 4 is 17.3 Å². The SMILES string of the molecule is CC(C)(C)c1ccc(Nc2ccc(C(=O)NCc3ccncc3)nc2)cc1. The molecule has 0 spiro atoms. The van der Waals surface area contributed by atoms with Gasteiger partial charge < -0.3 is 10.6 Å². The van der Waals surface area contributed by atoms with Gasteiger partial charge in [-0.25, -0.2) is 4.98 Å². The summed E-state index contributed by atoms with van der Waals surface area (Å²) in [5.41, 5.74) is 4.62. The number of pyridine rings is 2. The molecule has 2 aromatic heterocycles. The van der Waals surface area contributed by atoms with Gasteiger partial charge in [-0.2, -0.15) is 0 Å². The van der Waals surface area contributed by atoms with Crippen LogP contribution >= 0.6 is 0 Å². The minimum atomic E-state index is -0.201. The number of nitrogens with one attached hydrogen (secondary N) is 2. The Labute approximate surface area is 159 Å². The number of carbonyl (C=O) groups excluding carboxylic acids is 1. The standard InChI is InChI=1S/C22H24N4O/c1-22(2,3)17-4-6-18(7-5-17)26-19-8-9-20(24-15-19)21(27)25-14-16-10-12-23-13-11-16/h4-13,15,26H,14H2,1-3H3,(H,25,27). The second-order valence-corrected chi connectivity index (χ2v) is 7.42. The molecule has 0 bridgehead atoms. The molecule has 0 saturated carbocycles. The number of carbonyl (C=O) groups is 1. The monoisotopic (exact) mass is 360 g/mol. The molecule has 5 heteroatoms. The zero-order chi connectivity index (χ0) is 19.3. The van der Waals surface area contributed by atoms with E-state index in [-0.39, 0.29) is 11.3 Å². The quantitative estimate of drug-likeness (QED) is 0.705. The van der Waals surface area contributed by atoms with Gasteiger partial charge in [-0.3, -0.25) is 9.78 Å². The van der Waals surface area contributed by atoms with E-state index in [0.29, 0.717) is 12.2 Å². The van der Waals surface area contributed by atoms with Crippen molar-refractivity contribution in [2.45, 2.75) is 32.7 Å². The van der Waals surface area contributed by atoms with Crippen LogP contribution in [0.25, 0.3) is 0 Å². The lowest BCUT2D eigenvalue weighted by molar-refractivity contribution is 0.0946. The molecular weight excluding hydrogens is 336 g/mol. The Morgan fingerprint density at radius 2 is 1.59 bits per heavy atom. The molecule has 0 fully saturated rings. The molecule has 0 aliphatic rings. The van der Waals surface area contributed by atoms with E-state index in [1.807, 2.05) is 18.2 Å². The number of amides is 1. The smallest absolute Gasteiger partial charge is 0.270 e. The van der Waals surface area contributed by atoms with Crippen LogP contribution in [0.3, 0.4) is 0 Å². The minimum absolute atomic E-state index is 0.130. The van der Waals surface area contributed by atoms with E-state index < -0.39 is 0 Å². The van der Waals surface area contributed by atoms with E-state index in [4.69, 9.17) is 0 Å². The molecule has 0 atom stereocenters. The van der Waals surface area contributed by atoms with Gasteiger partial charge in [-0.15, -0.1) is 0 Å². The molecule has 138 valence electrons. The summed E-state index contributed by atoms with van der Waals surface area (Å²) < 4.78 is 0. The van der Waals surface area contributed by atoms with Crippen LogP contribution in [0.4, 0.5) is 11.4 Å². The van der Waals surface area contributed by atoms with Crippen LogP contribution in [0.5, 0.6) is 0 Å². The lowest BCUT2D eigenvalue weighted by atomic mass is 9.87. The molecule has 2 heterocycles. The molecule has 3 rings (SSSR count). The number of rotatable bonds is 5. The molecule has 27 heavy (non-hydrogen) atoms. The average molecular weight is 360 g/mol. The van der Waals surface area contributed by atoms with Gasteiger partial charge in [-0.05, 0) is 52.9 Å². The third-order valence-electron chi connectivity index (χ3n) is 4.24. The van der Waals surface area contributed by atoms with Gasteiger partial charge in [0.1, 0.15) is 5.69 Å². The highest BCUT2D eigenvalue weighted by atomic mass is 16.1. The van der Waals surface area contributed by atoms with Crippen molar-refractivity contribution in [2.24, 2.45) is 0 Å². The highest BCUT2D eigenvalue weighted by molar-refractivity contribution is 5.92. The van der Waals surface area contributed by atoms with Crippen molar-refractivity contribution in [1.82, 2.24) is 15.3 Å². The second-order valence-electron chi connectivity index (χ2n) is 7.42. The summed E-state index contributed by atoms with van der Waals surface area (Å²) in [4.78, 5) is 20.4. The summed E-state index contributed by atoms with van der Waals surface area (Å²) in [7, 11) is 0. The maximum absolute atomic E-state index is 12.2. The highest BCUT2D eigenvalue weighted by Gasteiger charge is 2.13. The van der Waals surface area contributed by atoms with Crippen LogP contribution in [0, 0.1) is 0 Å². The molecule has 0 aliphatic carbocycles. The van der Waals surface area contributed by atoms with Crippen molar-refractivity contribution < 1.29 is 4.79 Å². The van der Waals surface area contributed by atoms with Gasteiger partial charge in [-0.1, -0.05) is 32.9 Å². The second kappa shape index (κ2) is 7.99. The molecule has 0 saturated heterocycles. The largest absolute Gasteiger partial charge is 0.354 e. The fourth-order valence-electron chi connectivity index (χ4n) is 2.60. The number of nitrogens with zero attached hydrogens (tertiary/aromatic N) is 2. The number of anilines is 2. The van der Waals surface area contributed by atoms with Crippen molar-refractivity contribution in [3.05, 3.63) is 83.9 Å². The average Bonchev–Trinajstić information content (AvgIpc) is 2.67. The number of benzene rings is 1. The van der Waals surface area contributed by atoms with Crippen LogP contribution in [0.1, 0.15) is 42.4 Å². The summed E-state index contributed by atoms with van der Waals surface area (Å²) in [5.74, 6) is -0.201. The first-order valence-corrected chi connectivity index (χ1v) is 8.92. The number of hydrogen-bond donors (Lipinski definition) is 2. The van der Waals surface area contributed by atoms with Crippen LogP contribution in [-0.4, -0.2) is 15.9 Å². The molecule has 5 nitrogen and oxygen atoms in total. The van der Waals surface area contributed by atoms with Gasteiger partial charge in [0.05, 0.1) is 11.9 Å². The Balaban J connectivity index is 1.59. The van der Waals surface area contributed by atoms with Crippen LogP contribution < -0.4 is 10.6 Å². The molecule has 0 aliphatic heterocycles. The van der Waals surface area contributed by atoms with Crippen LogP contribution in [0.2, 0.25) is 0 Å². The molecule has 3 aromatic rings. The van der Waals surface area contributed by atoms with Crippen molar-refractivity contribution in [3.8, 4) is 0 Å². The van der Waals surface area contributed by atoms with Crippen molar-refractivity contribution in [3.63, 3.8) is 0 Å². The molecule has 2 N–H and O–H groups in total. The first-order valence-electron chi connectivity index (χ1n) is 8.92. The molecule has 1 amide bonds. The van der Waals surface area contributed by atoms with Crippen molar-refractivity contribution in [2.75, 3.05) is 5.32 Å². The molecule has 0 radical (unpaired) electrons. The third-order valence-corrected chi connectivity index (χ3v) is 4.24. The summed E-state index contributed by atoms with van der Waals surface area (Å²) in [6.07, 6.45) is 5.07. The van der Waals surface area contributed by atoms with Gasteiger partial charge in [0.15, 0.2) is 0 Å². The first-order chi connectivity index (χ1) is 12.9. The fourth-order valence-corrected chi connectivity index (χ4v) is 2.60. The zero-order valence-corrected chi connectivity index (χ0v) is 15.9. The Bertz CT molecular complexity index is 882. The number of hydrogen-bond acceptors (Lipinski definition) is 4. The summed E-state index contributed by atoms with van der Waals surface area (Å²) in [6, 6.07) is 15.6. The Hall–Kier alpha value is -3.21. The van der Waals surface area contributed by atoms with Crippen molar-refractivity contribution in [1.29, 1.82) is 0 Å². The Morgan fingerprint density at radius 3 is 2.19 bits per heavy atom. The normalized spacial score (nSPS) is 11.1. The van der Waals surface area contributed by atoms with E-state index in [1.54, 1.807) is 24.7 Å². The predicted octanol–water partition coefficient (Wildman–Crippen LogP) is 4.45. The highest BCUT2D eigenvalue weighted by Crippen LogP contribution is 2.24. The lowest BCUT2D eigenvalue weighted by Gasteiger charge is -2.19. The summed E-state index contributed by atoms with van der Waals surface area (Å²) in [5, 5.41) is 6.16.